The van der Waals surface area contributed by atoms with Crippen LogP contribution in [0.15, 0.2) is 89.8 Å². The first-order chi connectivity index (χ1) is 20.9. The molecular formula is C37H52O5SSi2. The molecule has 45 heavy (non-hydrogen) atoms. The van der Waals surface area contributed by atoms with Crippen molar-refractivity contribution in [1.29, 1.82) is 0 Å². The Morgan fingerprint density at radius 1 is 0.867 bits per heavy atom. The first-order valence-electron chi connectivity index (χ1n) is 16.3. The normalized spacial score (nSPS) is 27.7. The molecule has 5 rings (SSSR count). The van der Waals surface area contributed by atoms with Crippen LogP contribution in [-0.2, 0) is 23.7 Å². The van der Waals surface area contributed by atoms with Gasteiger partial charge in [-0.2, -0.15) is 0 Å². The minimum Gasteiger partial charge on any atom is -0.404 e. The standard InChI is InChI=1S/C37H52O5SSi2/c1-29-21-23-30(24-22-29)43(38,39)37(27-33-35(5,44(7,8)9)25-16-26-40-33)36(6,42-37)28-41-45(34(2,3)4,31-17-12-10-13-18-31)32-19-14-11-15-20-32/h10-15,17-24,33H,16,25-28H2,1-9H3/t33-,35+,36-,37+/m1/s1. The van der Waals surface area contributed by atoms with Crippen molar-refractivity contribution in [3.63, 3.8) is 0 Å². The van der Waals surface area contributed by atoms with Crippen molar-refractivity contribution >= 4 is 36.6 Å². The summed E-state index contributed by atoms with van der Waals surface area (Å²) in [5.74, 6) is 0. The second kappa shape index (κ2) is 11.9. The Hall–Kier alpha value is -2.08. The molecular weight excluding hydrogens is 613 g/mol. The van der Waals surface area contributed by atoms with Crippen molar-refractivity contribution in [2.45, 2.75) is 112 Å². The van der Waals surface area contributed by atoms with E-state index in [9.17, 15) is 8.42 Å². The van der Waals surface area contributed by atoms with Gasteiger partial charge in [-0.25, -0.2) is 8.42 Å². The second-order valence-electron chi connectivity index (χ2n) is 15.7. The van der Waals surface area contributed by atoms with E-state index >= 15 is 0 Å². The minimum atomic E-state index is -3.93. The van der Waals surface area contributed by atoms with E-state index in [4.69, 9.17) is 13.9 Å². The Bertz CT molecular complexity index is 1540. The Balaban J connectivity index is 1.61. The van der Waals surface area contributed by atoms with Crippen LogP contribution < -0.4 is 10.4 Å². The fourth-order valence-electron chi connectivity index (χ4n) is 7.50. The quantitative estimate of drug-likeness (QED) is 0.166. The Kier molecular flexibility index (Phi) is 9.03. The minimum absolute atomic E-state index is 0.0905. The maximum atomic E-state index is 14.8. The van der Waals surface area contributed by atoms with Gasteiger partial charge in [-0.05, 0) is 59.3 Å². The maximum absolute atomic E-state index is 14.8. The molecule has 2 saturated heterocycles. The van der Waals surface area contributed by atoms with Crippen molar-refractivity contribution in [2.24, 2.45) is 0 Å². The third-order valence-corrected chi connectivity index (χ3v) is 22.4. The van der Waals surface area contributed by atoms with Crippen LogP contribution >= 0.6 is 0 Å². The Morgan fingerprint density at radius 3 is 1.89 bits per heavy atom. The van der Waals surface area contributed by atoms with Gasteiger partial charge in [0.05, 0.1) is 25.7 Å². The first-order valence-corrected chi connectivity index (χ1v) is 23.2. The highest BCUT2D eigenvalue weighted by molar-refractivity contribution is 7.93. The number of sulfone groups is 1. The maximum Gasteiger partial charge on any atom is 0.261 e. The zero-order valence-corrected chi connectivity index (χ0v) is 31.5. The largest absolute Gasteiger partial charge is 0.404 e. The van der Waals surface area contributed by atoms with Crippen molar-refractivity contribution in [2.75, 3.05) is 13.2 Å². The predicted molar refractivity (Wildman–Crippen MR) is 189 cm³/mol. The van der Waals surface area contributed by atoms with Crippen LogP contribution in [0.3, 0.4) is 0 Å². The zero-order valence-electron chi connectivity index (χ0n) is 28.6. The van der Waals surface area contributed by atoms with Crippen molar-refractivity contribution < 1.29 is 22.3 Å². The highest BCUT2D eigenvalue weighted by atomic mass is 32.2. The summed E-state index contributed by atoms with van der Waals surface area (Å²) in [7, 11) is -8.64. The fourth-order valence-corrected chi connectivity index (χ4v) is 16.4. The lowest BCUT2D eigenvalue weighted by Gasteiger charge is -2.50. The molecule has 2 aliphatic heterocycles. The lowest BCUT2D eigenvalue weighted by Crippen LogP contribution is -2.67. The van der Waals surface area contributed by atoms with Crippen LogP contribution in [0.5, 0.6) is 0 Å². The van der Waals surface area contributed by atoms with Gasteiger partial charge in [-0.1, -0.05) is 126 Å². The molecule has 4 atom stereocenters. The molecule has 3 aromatic rings. The van der Waals surface area contributed by atoms with Crippen LogP contribution in [0.4, 0.5) is 0 Å². The molecule has 0 aliphatic carbocycles. The van der Waals surface area contributed by atoms with Gasteiger partial charge in [-0.3, -0.25) is 0 Å². The summed E-state index contributed by atoms with van der Waals surface area (Å²) in [5, 5.41) is 1.97. The Morgan fingerprint density at radius 2 is 1.40 bits per heavy atom. The summed E-state index contributed by atoms with van der Waals surface area (Å²) < 4.78 is 50.2. The van der Waals surface area contributed by atoms with Crippen LogP contribution in [0.2, 0.25) is 29.7 Å². The topological polar surface area (TPSA) is 65.1 Å². The van der Waals surface area contributed by atoms with E-state index in [1.807, 2.05) is 38.1 Å². The number of hydrogen-bond donors (Lipinski definition) is 0. The molecule has 3 aromatic carbocycles. The summed E-state index contributed by atoms with van der Waals surface area (Å²) in [6.07, 6.45) is 2.07. The van der Waals surface area contributed by atoms with Gasteiger partial charge in [0.2, 0.25) is 14.8 Å². The molecule has 0 N–H and O–H groups in total. The van der Waals surface area contributed by atoms with Gasteiger partial charge in [0.15, 0.2) is 0 Å². The van der Waals surface area contributed by atoms with E-state index in [-0.39, 0.29) is 34.1 Å². The summed E-state index contributed by atoms with van der Waals surface area (Å²) in [4.78, 5) is -1.18. The summed E-state index contributed by atoms with van der Waals surface area (Å²) in [5.41, 5.74) is -0.0512. The number of benzene rings is 3. The second-order valence-corrected chi connectivity index (χ2v) is 27.8. The SMILES string of the molecule is Cc1ccc(S(=O)(=O)[C@]2(C[C@H]3OCCC[C@]3(C)[Si](C)(C)C)O[C@]2(C)CO[Si](c2ccccc2)(c2ccccc2)C(C)(C)C)cc1. The van der Waals surface area contributed by atoms with Crippen molar-refractivity contribution in [1.82, 2.24) is 0 Å². The number of epoxide rings is 1. The molecule has 0 radical (unpaired) electrons. The summed E-state index contributed by atoms with van der Waals surface area (Å²) in [6.45, 7) is 20.8. The number of rotatable bonds is 10. The van der Waals surface area contributed by atoms with Crippen LogP contribution in [0.1, 0.15) is 59.4 Å². The highest BCUT2D eigenvalue weighted by Crippen LogP contribution is 2.61. The number of aryl methyl sites for hydroxylation is 1. The average molecular weight is 665 g/mol. The molecule has 8 heteroatoms. The number of ether oxygens (including phenoxy) is 2. The lowest BCUT2D eigenvalue weighted by atomic mass is 9.89. The van der Waals surface area contributed by atoms with E-state index in [2.05, 4.69) is 95.9 Å². The van der Waals surface area contributed by atoms with E-state index in [1.54, 1.807) is 12.1 Å². The van der Waals surface area contributed by atoms with Crippen molar-refractivity contribution in [3.8, 4) is 0 Å². The van der Waals surface area contributed by atoms with E-state index < -0.39 is 36.8 Å². The smallest absolute Gasteiger partial charge is 0.261 e. The fraction of sp³-hybridized carbons (Fsp3) is 0.514. The highest BCUT2D eigenvalue weighted by Gasteiger charge is 2.77. The third kappa shape index (κ3) is 5.74. The molecule has 0 amide bonds. The predicted octanol–water partition coefficient (Wildman–Crippen LogP) is 7.50. The van der Waals surface area contributed by atoms with Crippen molar-refractivity contribution in [3.05, 3.63) is 90.5 Å². The lowest BCUT2D eigenvalue weighted by molar-refractivity contribution is -0.0266. The summed E-state index contributed by atoms with van der Waals surface area (Å²) >= 11 is 0. The van der Waals surface area contributed by atoms with Gasteiger partial charge < -0.3 is 13.9 Å². The molecule has 0 saturated carbocycles. The van der Waals surface area contributed by atoms with E-state index in [0.717, 1.165) is 28.8 Å². The zero-order chi connectivity index (χ0) is 32.9. The molecule has 0 bridgehead atoms. The van der Waals surface area contributed by atoms with Gasteiger partial charge in [-0.15, -0.1) is 0 Å². The molecule has 2 heterocycles. The first kappa shape index (κ1) is 34.3. The van der Waals surface area contributed by atoms with E-state index in [1.165, 1.54) is 0 Å². The average Bonchev–Trinajstić information content (AvgIpc) is 3.60. The van der Waals surface area contributed by atoms with E-state index in [0.29, 0.717) is 6.61 Å². The Labute approximate surface area is 273 Å². The van der Waals surface area contributed by atoms with Crippen LogP contribution in [0.25, 0.3) is 0 Å². The monoisotopic (exact) mass is 664 g/mol. The third-order valence-electron chi connectivity index (χ3n) is 10.9. The van der Waals surface area contributed by atoms with Gasteiger partial charge >= 0.3 is 0 Å². The summed E-state index contributed by atoms with van der Waals surface area (Å²) in [6, 6.07) is 28.1. The molecule has 2 fully saturated rings. The van der Waals surface area contributed by atoms with Gasteiger partial charge in [0.25, 0.3) is 8.32 Å². The van der Waals surface area contributed by atoms with Gasteiger partial charge in [0, 0.05) is 13.0 Å². The molecule has 5 nitrogen and oxygen atoms in total. The molecule has 0 spiro atoms. The van der Waals surface area contributed by atoms with Gasteiger partial charge in [0.1, 0.15) is 5.60 Å². The molecule has 0 aromatic heterocycles. The number of hydrogen-bond acceptors (Lipinski definition) is 5. The molecule has 2 aliphatic rings. The van der Waals surface area contributed by atoms with Crippen LogP contribution in [-0.4, -0.2) is 54.7 Å². The van der Waals surface area contributed by atoms with Crippen LogP contribution in [0, 0.1) is 6.92 Å². The molecule has 0 unspecified atom stereocenters. The molecule has 244 valence electrons.